The van der Waals surface area contributed by atoms with Crippen molar-refractivity contribution >= 4 is 39.6 Å². The van der Waals surface area contributed by atoms with Crippen molar-refractivity contribution in [1.82, 2.24) is 0 Å². The van der Waals surface area contributed by atoms with Gasteiger partial charge in [-0.2, -0.15) is 5.26 Å². The summed E-state index contributed by atoms with van der Waals surface area (Å²) in [7, 11) is 0. The van der Waals surface area contributed by atoms with Crippen molar-refractivity contribution in [2.24, 2.45) is 0 Å². The first-order valence-electron chi connectivity index (χ1n) is 3.28. The number of rotatable bonds is 2. The fourth-order valence-electron chi connectivity index (χ4n) is 0.834. The molecule has 1 aromatic rings. The van der Waals surface area contributed by atoms with Gasteiger partial charge in [0.1, 0.15) is 0 Å². The fourth-order valence-corrected chi connectivity index (χ4v) is 1.80. The molecule has 0 aliphatic heterocycles. The van der Waals surface area contributed by atoms with Gasteiger partial charge in [0, 0.05) is 4.47 Å². The van der Waals surface area contributed by atoms with Crippen molar-refractivity contribution in [2.45, 2.75) is 0 Å². The molecule has 66 valence electrons. The number of amides is 1. The molecule has 0 aliphatic carbocycles. The smallest absolute Gasteiger partial charge is 0.211 e. The van der Waals surface area contributed by atoms with Crippen LogP contribution in [0, 0.1) is 11.3 Å². The second kappa shape index (κ2) is 4.26. The molecular weight excluding hydrogens is 255 g/mol. The number of carbonyl (C=O) groups is 1. The van der Waals surface area contributed by atoms with E-state index < -0.39 is 0 Å². The molecule has 13 heavy (non-hydrogen) atoms. The lowest BCUT2D eigenvalue weighted by molar-refractivity contribution is -0.105. The predicted octanol–water partition coefficient (Wildman–Crippen LogP) is 2.54. The Kier molecular flexibility index (Phi) is 3.29. The predicted molar refractivity (Wildman–Crippen MR) is 53.6 cm³/mol. The molecule has 0 spiro atoms. The van der Waals surface area contributed by atoms with Gasteiger partial charge in [0.05, 0.1) is 22.3 Å². The van der Waals surface area contributed by atoms with Crippen molar-refractivity contribution in [2.75, 3.05) is 5.32 Å². The number of halogens is 2. The summed E-state index contributed by atoms with van der Waals surface area (Å²) in [4.78, 5) is 10.2. The summed E-state index contributed by atoms with van der Waals surface area (Å²) in [5, 5.41) is 11.3. The number of nitrogens with zero attached hydrogens (tertiary/aromatic N) is 1. The number of hydrogen-bond acceptors (Lipinski definition) is 2. The molecular formula is C8H4BrClN2O. The highest BCUT2D eigenvalue weighted by molar-refractivity contribution is 9.10. The van der Waals surface area contributed by atoms with Crippen molar-refractivity contribution < 1.29 is 4.79 Å². The van der Waals surface area contributed by atoms with Gasteiger partial charge in [-0.3, -0.25) is 4.79 Å². The highest BCUT2D eigenvalue weighted by atomic mass is 79.9. The van der Waals surface area contributed by atoms with Crippen LogP contribution in [0.5, 0.6) is 0 Å². The van der Waals surface area contributed by atoms with Crippen LogP contribution in [0.3, 0.4) is 0 Å². The molecule has 1 aromatic carbocycles. The van der Waals surface area contributed by atoms with E-state index in [1.54, 1.807) is 6.07 Å². The third-order valence-electron chi connectivity index (χ3n) is 1.37. The highest BCUT2D eigenvalue weighted by Crippen LogP contribution is 2.31. The molecule has 3 nitrogen and oxygen atoms in total. The number of benzene rings is 1. The number of nitrogens with one attached hydrogen (secondary N) is 1. The molecule has 0 saturated heterocycles. The first-order valence-corrected chi connectivity index (χ1v) is 4.45. The summed E-state index contributed by atoms with van der Waals surface area (Å²) in [5.41, 5.74) is 0.906. The van der Waals surface area contributed by atoms with Crippen molar-refractivity contribution in [3.63, 3.8) is 0 Å². The van der Waals surface area contributed by atoms with Gasteiger partial charge in [0.25, 0.3) is 0 Å². The van der Waals surface area contributed by atoms with Gasteiger partial charge in [-0.1, -0.05) is 11.6 Å². The van der Waals surface area contributed by atoms with Gasteiger partial charge in [-0.05, 0) is 28.1 Å². The van der Waals surface area contributed by atoms with Gasteiger partial charge < -0.3 is 5.32 Å². The second-order valence-electron chi connectivity index (χ2n) is 2.19. The SMILES string of the molecule is N#Cc1cc(Cl)c(NC=O)c(Br)c1. The second-order valence-corrected chi connectivity index (χ2v) is 3.45. The molecule has 0 atom stereocenters. The van der Waals surface area contributed by atoms with E-state index in [4.69, 9.17) is 16.9 Å². The first kappa shape index (κ1) is 10.0. The Bertz CT molecular complexity index is 363. The molecule has 1 amide bonds. The molecule has 0 fully saturated rings. The van der Waals surface area contributed by atoms with E-state index >= 15 is 0 Å². The first-order chi connectivity index (χ1) is 6.19. The van der Waals surface area contributed by atoms with Gasteiger partial charge in [-0.25, -0.2) is 0 Å². The summed E-state index contributed by atoms with van der Waals surface area (Å²) < 4.78 is 0.587. The van der Waals surface area contributed by atoms with E-state index in [1.807, 2.05) is 6.07 Å². The largest absolute Gasteiger partial charge is 0.326 e. The topological polar surface area (TPSA) is 52.9 Å². The Hall–Kier alpha value is -1.05. The molecule has 0 aromatic heterocycles. The Morgan fingerprint density at radius 2 is 2.31 bits per heavy atom. The van der Waals surface area contributed by atoms with Crippen LogP contribution in [0.2, 0.25) is 5.02 Å². The van der Waals surface area contributed by atoms with E-state index in [9.17, 15) is 4.79 Å². The number of carbonyl (C=O) groups excluding carboxylic acids is 1. The Morgan fingerprint density at radius 3 is 2.77 bits per heavy atom. The monoisotopic (exact) mass is 258 g/mol. The Labute approximate surface area is 88.4 Å². The van der Waals surface area contributed by atoms with Crippen molar-refractivity contribution in [1.29, 1.82) is 5.26 Å². The van der Waals surface area contributed by atoms with Crippen LogP contribution >= 0.6 is 27.5 Å². The lowest BCUT2D eigenvalue weighted by Gasteiger charge is -2.04. The molecule has 1 N–H and O–H groups in total. The normalized spacial score (nSPS) is 9.00. The zero-order valence-corrected chi connectivity index (χ0v) is 8.69. The maximum atomic E-state index is 10.2. The van der Waals surface area contributed by atoms with Gasteiger partial charge in [0.2, 0.25) is 6.41 Å². The number of nitriles is 1. The molecule has 0 unspecified atom stereocenters. The van der Waals surface area contributed by atoms with Gasteiger partial charge >= 0.3 is 0 Å². The maximum absolute atomic E-state index is 10.2. The van der Waals surface area contributed by atoms with Crippen LogP contribution in [-0.2, 0) is 4.79 Å². The summed E-state index contributed by atoms with van der Waals surface area (Å²) in [6.45, 7) is 0. The standard InChI is InChI=1S/C8H4BrClN2O/c9-6-1-5(3-11)2-7(10)8(6)12-4-13/h1-2,4H,(H,12,13). The van der Waals surface area contributed by atoms with Crippen LogP contribution in [0.1, 0.15) is 5.56 Å². The number of hydrogen-bond donors (Lipinski definition) is 1. The van der Waals surface area contributed by atoms with Crippen LogP contribution in [-0.4, -0.2) is 6.41 Å². The van der Waals surface area contributed by atoms with Crippen molar-refractivity contribution in [3.05, 3.63) is 27.2 Å². The highest BCUT2D eigenvalue weighted by Gasteiger charge is 2.06. The third kappa shape index (κ3) is 2.20. The van der Waals surface area contributed by atoms with Crippen LogP contribution in [0.15, 0.2) is 16.6 Å². The molecule has 0 radical (unpaired) electrons. The number of anilines is 1. The van der Waals surface area contributed by atoms with Gasteiger partial charge in [0.15, 0.2) is 0 Å². The molecule has 1 rings (SSSR count). The Morgan fingerprint density at radius 1 is 1.62 bits per heavy atom. The molecule has 0 bridgehead atoms. The molecule has 5 heteroatoms. The zero-order chi connectivity index (χ0) is 9.84. The summed E-state index contributed by atoms with van der Waals surface area (Å²) in [6.07, 6.45) is 0.526. The van der Waals surface area contributed by atoms with E-state index in [0.717, 1.165) is 0 Å². The maximum Gasteiger partial charge on any atom is 0.211 e. The molecule has 0 saturated carbocycles. The van der Waals surface area contributed by atoms with E-state index in [2.05, 4.69) is 21.2 Å². The summed E-state index contributed by atoms with van der Waals surface area (Å²) in [5.74, 6) is 0. The minimum absolute atomic E-state index is 0.332. The minimum atomic E-state index is 0.332. The minimum Gasteiger partial charge on any atom is -0.326 e. The van der Waals surface area contributed by atoms with E-state index in [-0.39, 0.29) is 0 Å². The molecule has 0 heterocycles. The lowest BCUT2D eigenvalue weighted by atomic mass is 10.2. The van der Waals surface area contributed by atoms with E-state index in [0.29, 0.717) is 27.2 Å². The Balaban J connectivity index is 3.24. The fraction of sp³-hybridized carbons (Fsp3) is 0. The summed E-state index contributed by atoms with van der Waals surface area (Å²) in [6, 6.07) is 5.01. The van der Waals surface area contributed by atoms with Crippen molar-refractivity contribution in [3.8, 4) is 6.07 Å². The molecule has 0 aliphatic rings. The van der Waals surface area contributed by atoms with Crippen LogP contribution < -0.4 is 5.32 Å². The third-order valence-corrected chi connectivity index (χ3v) is 2.30. The van der Waals surface area contributed by atoms with Crippen LogP contribution in [0.4, 0.5) is 5.69 Å². The average Bonchev–Trinajstić information content (AvgIpc) is 2.11. The summed E-state index contributed by atoms with van der Waals surface area (Å²) >= 11 is 8.97. The quantitative estimate of drug-likeness (QED) is 0.830. The van der Waals surface area contributed by atoms with Gasteiger partial charge in [-0.15, -0.1) is 0 Å². The lowest BCUT2D eigenvalue weighted by Crippen LogP contribution is -1.96. The average molecular weight is 259 g/mol. The van der Waals surface area contributed by atoms with E-state index in [1.165, 1.54) is 6.07 Å². The zero-order valence-electron chi connectivity index (χ0n) is 6.34. The van der Waals surface area contributed by atoms with Crippen LogP contribution in [0.25, 0.3) is 0 Å².